The van der Waals surface area contributed by atoms with Crippen LogP contribution in [0, 0.1) is 5.82 Å². The average molecular weight is 390 g/mol. The summed E-state index contributed by atoms with van der Waals surface area (Å²) < 4.78 is 30.9. The highest BCUT2D eigenvalue weighted by Gasteiger charge is 2.28. The summed E-state index contributed by atoms with van der Waals surface area (Å²) in [5.41, 5.74) is 6.55. The fraction of sp³-hybridized carbons (Fsp3) is 0.562. The number of nitrogens with zero attached hydrogens (tertiary/aromatic N) is 3. The van der Waals surface area contributed by atoms with Crippen molar-refractivity contribution < 1.29 is 18.6 Å². The van der Waals surface area contributed by atoms with Gasteiger partial charge in [-0.15, -0.1) is 5.10 Å². The Kier molecular flexibility index (Phi) is 7.27. The molecule has 1 heterocycles. The maximum atomic E-state index is 14.8. The van der Waals surface area contributed by atoms with Crippen LogP contribution in [-0.2, 0) is 9.47 Å². The maximum absolute atomic E-state index is 14.8. The Labute approximate surface area is 157 Å². The zero-order chi connectivity index (χ0) is 19.3. The Morgan fingerprint density at radius 2 is 2.27 bits per heavy atom. The van der Waals surface area contributed by atoms with E-state index in [0.29, 0.717) is 37.7 Å². The molecule has 1 aromatic rings. The van der Waals surface area contributed by atoms with Crippen molar-refractivity contribution in [1.29, 1.82) is 0 Å². The normalized spacial score (nSPS) is 14.4. The van der Waals surface area contributed by atoms with Gasteiger partial charge in [0.2, 0.25) is 0 Å². The number of hydrogen-bond acceptors (Lipinski definition) is 7. The number of nitrogens with two attached hydrogens (primary N) is 2. The molecule has 0 saturated carbocycles. The van der Waals surface area contributed by atoms with E-state index >= 15 is 0 Å². The predicted octanol–water partition coefficient (Wildman–Crippen LogP) is 1.50. The minimum absolute atomic E-state index is 0.00643. The molecule has 0 saturated heterocycles. The Morgan fingerprint density at radius 3 is 2.92 bits per heavy atom. The molecule has 8 nitrogen and oxygen atoms in total. The molecule has 0 unspecified atom stereocenters. The first-order valence-electron chi connectivity index (χ1n) is 8.22. The molecular formula is C16H25ClFN5O3. The van der Waals surface area contributed by atoms with Crippen LogP contribution >= 0.6 is 11.6 Å². The van der Waals surface area contributed by atoms with Crippen molar-refractivity contribution in [1.82, 2.24) is 5.12 Å². The highest BCUT2D eigenvalue weighted by atomic mass is 35.5. The molecule has 0 radical (unpaired) electrons. The topological polar surface area (TPSA) is 98.6 Å². The number of ether oxygens (including phenoxy) is 3. The van der Waals surface area contributed by atoms with Crippen LogP contribution < -0.4 is 21.2 Å². The number of hydrazine groups is 1. The number of hydrogen-bond donors (Lipinski definition) is 2. The van der Waals surface area contributed by atoms with Crippen molar-refractivity contribution in [3.8, 4) is 5.75 Å². The van der Waals surface area contributed by atoms with Gasteiger partial charge >= 0.3 is 0 Å². The molecule has 0 fully saturated rings. The average Bonchev–Trinajstić information content (AvgIpc) is 2.56. The molecule has 1 aliphatic rings. The minimum atomic E-state index is -0.683. The van der Waals surface area contributed by atoms with E-state index < -0.39 is 5.82 Å². The molecule has 0 bridgehead atoms. The lowest BCUT2D eigenvalue weighted by Gasteiger charge is -2.33. The van der Waals surface area contributed by atoms with Crippen LogP contribution in [0.15, 0.2) is 11.2 Å². The Morgan fingerprint density at radius 1 is 1.54 bits per heavy atom. The largest absolute Gasteiger partial charge is 0.489 e. The molecule has 0 aromatic heterocycles. The van der Waals surface area contributed by atoms with Crippen molar-refractivity contribution in [2.24, 2.45) is 16.7 Å². The second-order valence-corrected chi connectivity index (χ2v) is 6.40. The van der Waals surface area contributed by atoms with Crippen LogP contribution in [0.3, 0.4) is 0 Å². The smallest absolute Gasteiger partial charge is 0.157 e. The number of hydrazone groups is 1. The third kappa shape index (κ3) is 4.88. The monoisotopic (exact) mass is 389 g/mol. The molecule has 146 valence electrons. The zero-order valence-electron chi connectivity index (χ0n) is 15.2. The number of rotatable bonds is 8. The summed E-state index contributed by atoms with van der Waals surface area (Å²) in [6.07, 6.45) is 0.100. The van der Waals surface area contributed by atoms with Gasteiger partial charge in [0.05, 0.1) is 35.5 Å². The van der Waals surface area contributed by atoms with Gasteiger partial charge < -0.3 is 24.8 Å². The van der Waals surface area contributed by atoms with E-state index in [9.17, 15) is 4.39 Å². The Balaban J connectivity index is 2.42. The second-order valence-electron chi connectivity index (χ2n) is 5.99. The summed E-state index contributed by atoms with van der Waals surface area (Å²) in [5.74, 6) is 5.29. The van der Waals surface area contributed by atoms with Crippen molar-refractivity contribution >= 4 is 23.1 Å². The quantitative estimate of drug-likeness (QED) is 0.228. The third-order valence-electron chi connectivity index (χ3n) is 3.66. The first-order valence-corrected chi connectivity index (χ1v) is 8.59. The molecular weight excluding hydrogens is 365 g/mol. The van der Waals surface area contributed by atoms with Gasteiger partial charge in [0, 0.05) is 19.7 Å². The van der Waals surface area contributed by atoms with Gasteiger partial charge in [0.25, 0.3) is 0 Å². The predicted molar refractivity (Wildman–Crippen MR) is 98.8 cm³/mol. The molecule has 26 heavy (non-hydrogen) atoms. The second kappa shape index (κ2) is 9.22. The first-order chi connectivity index (χ1) is 12.3. The van der Waals surface area contributed by atoms with Gasteiger partial charge in [-0.25, -0.2) is 15.4 Å². The van der Waals surface area contributed by atoms with Crippen molar-refractivity contribution in [2.75, 3.05) is 45.0 Å². The standard InChI is InChI=1S/C16H25ClFN5O3/c1-10(2)25-6-4-22-5-7-26-12-8-11(17)14(18)13(15(12)22)16(19)21-23(20)9-24-3/h8,10H,4-7,9,20H2,1-3H3,(H2,19,21). The number of methoxy groups -OCH3 is 1. The Bertz CT molecular complexity index is 659. The number of fused-ring (bicyclic) bond motifs is 1. The number of anilines is 1. The molecule has 2 rings (SSSR count). The van der Waals surface area contributed by atoms with Crippen molar-refractivity contribution in [3.05, 3.63) is 22.5 Å². The van der Waals surface area contributed by atoms with E-state index in [-0.39, 0.29) is 29.3 Å². The molecule has 1 aromatic carbocycles. The van der Waals surface area contributed by atoms with Crippen LogP contribution in [-0.4, -0.2) is 57.2 Å². The molecule has 0 aliphatic carbocycles. The maximum Gasteiger partial charge on any atom is 0.157 e. The summed E-state index contributed by atoms with van der Waals surface area (Å²) in [5, 5.41) is 4.82. The SMILES string of the molecule is COCN(N)/N=C(\N)c1c(F)c(Cl)cc2c1N(CCOC(C)C)CCO2. The summed E-state index contributed by atoms with van der Waals surface area (Å²) >= 11 is 6.01. The van der Waals surface area contributed by atoms with Gasteiger partial charge in [-0.1, -0.05) is 11.6 Å². The van der Waals surface area contributed by atoms with Crippen LogP contribution in [0.4, 0.5) is 10.1 Å². The van der Waals surface area contributed by atoms with Gasteiger partial charge in [0.1, 0.15) is 12.4 Å². The van der Waals surface area contributed by atoms with E-state index in [4.69, 9.17) is 37.4 Å². The van der Waals surface area contributed by atoms with Gasteiger partial charge in [0.15, 0.2) is 18.4 Å². The highest BCUT2D eigenvalue weighted by molar-refractivity contribution is 6.31. The number of halogens is 2. The summed E-state index contributed by atoms with van der Waals surface area (Å²) in [7, 11) is 1.46. The number of benzene rings is 1. The van der Waals surface area contributed by atoms with E-state index in [1.807, 2.05) is 18.7 Å². The van der Waals surface area contributed by atoms with Gasteiger partial charge in [-0.3, -0.25) is 0 Å². The fourth-order valence-electron chi connectivity index (χ4n) is 2.60. The van der Waals surface area contributed by atoms with Gasteiger partial charge in [-0.05, 0) is 13.8 Å². The molecule has 0 spiro atoms. The van der Waals surface area contributed by atoms with Crippen molar-refractivity contribution in [2.45, 2.75) is 20.0 Å². The van der Waals surface area contributed by atoms with Crippen LogP contribution in [0.25, 0.3) is 0 Å². The zero-order valence-corrected chi connectivity index (χ0v) is 15.9. The summed E-state index contributed by atoms with van der Waals surface area (Å²) in [4.78, 5) is 1.94. The molecule has 0 atom stereocenters. The molecule has 1 aliphatic heterocycles. The fourth-order valence-corrected chi connectivity index (χ4v) is 2.79. The third-order valence-corrected chi connectivity index (χ3v) is 3.93. The first kappa shape index (κ1) is 20.5. The summed E-state index contributed by atoms with van der Waals surface area (Å²) in [6.45, 7) is 5.92. The lowest BCUT2D eigenvalue weighted by Crippen LogP contribution is -2.38. The van der Waals surface area contributed by atoms with Crippen LogP contribution in [0.1, 0.15) is 19.4 Å². The van der Waals surface area contributed by atoms with E-state index in [0.717, 1.165) is 5.12 Å². The van der Waals surface area contributed by atoms with Gasteiger partial charge in [-0.2, -0.15) is 0 Å². The van der Waals surface area contributed by atoms with E-state index in [1.54, 1.807) is 0 Å². The minimum Gasteiger partial charge on any atom is -0.489 e. The highest BCUT2D eigenvalue weighted by Crippen LogP contribution is 2.40. The molecule has 0 amide bonds. The molecule has 10 heteroatoms. The molecule has 4 N–H and O–H groups in total. The van der Waals surface area contributed by atoms with Crippen molar-refractivity contribution in [3.63, 3.8) is 0 Å². The number of amidine groups is 1. The lowest BCUT2D eigenvalue weighted by molar-refractivity contribution is 0.0656. The Hall–Kier alpha value is -1.81. The van der Waals surface area contributed by atoms with Crippen LogP contribution in [0.2, 0.25) is 5.02 Å². The van der Waals surface area contributed by atoms with E-state index in [1.165, 1.54) is 13.2 Å². The van der Waals surface area contributed by atoms with E-state index in [2.05, 4.69) is 5.10 Å². The lowest BCUT2D eigenvalue weighted by atomic mass is 10.1. The van der Waals surface area contributed by atoms with Crippen LogP contribution in [0.5, 0.6) is 5.75 Å². The summed E-state index contributed by atoms with van der Waals surface area (Å²) in [6, 6.07) is 1.44.